The van der Waals surface area contributed by atoms with Gasteiger partial charge in [0.25, 0.3) is 0 Å². The van der Waals surface area contributed by atoms with Crippen molar-refractivity contribution in [3.8, 4) is 11.3 Å². The van der Waals surface area contributed by atoms with E-state index in [1.54, 1.807) is 6.92 Å². The first-order chi connectivity index (χ1) is 10.2. The molecule has 0 atom stereocenters. The third-order valence-electron chi connectivity index (χ3n) is 3.83. The predicted molar refractivity (Wildman–Crippen MR) is 79.5 cm³/mol. The molecule has 0 bridgehead atoms. The second-order valence-electron chi connectivity index (χ2n) is 5.33. The SMILES string of the molecule is CC(=O)N1CCN(Cc2cc(-c3ccccc3)no2)CC1. The summed E-state index contributed by atoms with van der Waals surface area (Å²) in [6, 6.07) is 12.0. The highest BCUT2D eigenvalue weighted by atomic mass is 16.5. The van der Waals surface area contributed by atoms with Crippen LogP contribution in [0.2, 0.25) is 0 Å². The first-order valence-corrected chi connectivity index (χ1v) is 7.21. The molecule has 5 nitrogen and oxygen atoms in total. The van der Waals surface area contributed by atoms with Gasteiger partial charge in [0.05, 0.1) is 6.54 Å². The molecule has 21 heavy (non-hydrogen) atoms. The van der Waals surface area contributed by atoms with Crippen LogP contribution in [0.3, 0.4) is 0 Å². The number of hydrogen-bond acceptors (Lipinski definition) is 4. The zero-order valence-electron chi connectivity index (χ0n) is 12.2. The molecule has 1 aliphatic rings. The van der Waals surface area contributed by atoms with Crippen LogP contribution in [-0.2, 0) is 11.3 Å². The molecular weight excluding hydrogens is 266 g/mol. The Hall–Kier alpha value is -2.14. The van der Waals surface area contributed by atoms with Gasteiger partial charge in [0.1, 0.15) is 5.69 Å². The van der Waals surface area contributed by atoms with Crippen LogP contribution >= 0.6 is 0 Å². The van der Waals surface area contributed by atoms with Crippen LogP contribution in [0.1, 0.15) is 12.7 Å². The molecule has 3 rings (SSSR count). The lowest BCUT2D eigenvalue weighted by Crippen LogP contribution is -2.47. The molecule has 1 aromatic heterocycles. The Morgan fingerprint density at radius 2 is 1.90 bits per heavy atom. The number of nitrogens with zero attached hydrogens (tertiary/aromatic N) is 3. The zero-order chi connectivity index (χ0) is 14.7. The van der Waals surface area contributed by atoms with Crippen molar-refractivity contribution in [1.29, 1.82) is 0 Å². The summed E-state index contributed by atoms with van der Waals surface area (Å²) in [5.41, 5.74) is 1.93. The van der Waals surface area contributed by atoms with Crippen molar-refractivity contribution >= 4 is 5.91 Å². The largest absolute Gasteiger partial charge is 0.359 e. The van der Waals surface area contributed by atoms with Gasteiger partial charge >= 0.3 is 0 Å². The monoisotopic (exact) mass is 285 g/mol. The molecule has 0 aliphatic carbocycles. The third kappa shape index (κ3) is 3.31. The zero-order valence-corrected chi connectivity index (χ0v) is 12.2. The summed E-state index contributed by atoms with van der Waals surface area (Å²) in [5.74, 6) is 1.02. The van der Waals surface area contributed by atoms with Gasteiger partial charge in [0.2, 0.25) is 5.91 Å². The highest BCUT2D eigenvalue weighted by molar-refractivity contribution is 5.73. The maximum absolute atomic E-state index is 11.3. The molecule has 0 radical (unpaired) electrons. The number of carbonyl (C=O) groups excluding carboxylic acids is 1. The minimum Gasteiger partial charge on any atom is -0.359 e. The van der Waals surface area contributed by atoms with Gasteiger partial charge in [-0.1, -0.05) is 35.5 Å². The molecule has 2 aromatic rings. The number of aromatic nitrogens is 1. The Labute approximate surface area is 124 Å². The predicted octanol–water partition coefficient (Wildman–Crippen LogP) is 2.01. The molecule has 110 valence electrons. The summed E-state index contributed by atoms with van der Waals surface area (Å²) in [7, 11) is 0. The number of carbonyl (C=O) groups is 1. The fourth-order valence-corrected chi connectivity index (χ4v) is 2.57. The summed E-state index contributed by atoms with van der Waals surface area (Å²) in [4.78, 5) is 15.5. The molecule has 1 aliphatic heterocycles. The number of rotatable bonds is 3. The van der Waals surface area contributed by atoms with E-state index in [1.807, 2.05) is 41.3 Å². The number of hydrogen-bond donors (Lipinski definition) is 0. The van der Waals surface area contributed by atoms with E-state index in [2.05, 4.69) is 10.1 Å². The van der Waals surface area contributed by atoms with E-state index in [9.17, 15) is 4.79 Å². The minimum absolute atomic E-state index is 0.153. The molecule has 0 unspecified atom stereocenters. The smallest absolute Gasteiger partial charge is 0.219 e. The molecule has 1 fully saturated rings. The van der Waals surface area contributed by atoms with Gasteiger partial charge in [-0.3, -0.25) is 9.69 Å². The number of piperazine rings is 1. The van der Waals surface area contributed by atoms with E-state index in [0.717, 1.165) is 49.7 Å². The van der Waals surface area contributed by atoms with Crippen molar-refractivity contribution in [2.24, 2.45) is 0 Å². The minimum atomic E-state index is 0.153. The summed E-state index contributed by atoms with van der Waals surface area (Å²) < 4.78 is 5.42. The maximum Gasteiger partial charge on any atom is 0.219 e. The van der Waals surface area contributed by atoms with Crippen LogP contribution in [0.15, 0.2) is 40.9 Å². The summed E-state index contributed by atoms with van der Waals surface area (Å²) in [5, 5.41) is 4.13. The maximum atomic E-state index is 11.3. The lowest BCUT2D eigenvalue weighted by Gasteiger charge is -2.33. The van der Waals surface area contributed by atoms with Crippen LogP contribution in [0, 0.1) is 0 Å². The van der Waals surface area contributed by atoms with Crippen molar-refractivity contribution < 1.29 is 9.32 Å². The highest BCUT2D eigenvalue weighted by Gasteiger charge is 2.19. The summed E-state index contributed by atoms with van der Waals surface area (Å²) in [6.45, 7) is 5.69. The molecule has 1 aromatic carbocycles. The van der Waals surface area contributed by atoms with Gasteiger partial charge in [-0.15, -0.1) is 0 Å². The van der Waals surface area contributed by atoms with Crippen molar-refractivity contribution in [3.05, 3.63) is 42.2 Å². The third-order valence-corrected chi connectivity index (χ3v) is 3.83. The van der Waals surface area contributed by atoms with Gasteiger partial charge < -0.3 is 9.42 Å². The van der Waals surface area contributed by atoms with Gasteiger partial charge in [-0.25, -0.2) is 0 Å². The molecule has 1 saturated heterocycles. The van der Waals surface area contributed by atoms with Crippen molar-refractivity contribution in [3.63, 3.8) is 0 Å². The second-order valence-corrected chi connectivity index (χ2v) is 5.33. The van der Waals surface area contributed by atoms with Crippen molar-refractivity contribution in [1.82, 2.24) is 15.0 Å². The molecule has 0 N–H and O–H groups in total. The number of benzene rings is 1. The highest BCUT2D eigenvalue weighted by Crippen LogP contribution is 2.19. The Morgan fingerprint density at radius 1 is 1.19 bits per heavy atom. The van der Waals surface area contributed by atoms with Crippen LogP contribution in [0.5, 0.6) is 0 Å². The quantitative estimate of drug-likeness (QED) is 0.865. The number of amides is 1. The first-order valence-electron chi connectivity index (χ1n) is 7.21. The van der Waals surface area contributed by atoms with Crippen LogP contribution in [0.25, 0.3) is 11.3 Å². The van der Waals surface area contributed by atoms with Gasteiger partial charge in [-0.05, 0) is 0 Å². The second kappa shape index (κ2) is 6.10. The lowest BCUT2D eigenvalue weighted by molar-refractivity contribution is -0.130. The average molecular weight is 285 g/mol. The van der Waals surface area contributed by atoms with Crippen molar-refractivity contribution in [2.75, 3.05) is 26.2 Å². The fourth-order valence-electron chi connectivity index (χ4n) is 2.57. The molecule has 0 saturated carbocycles. The Morgan fingerprint density at radius 3 is 2.57 bits per heavy atom. The van der Waals surface area contributed by atoms with E-state index in [-0.39, 0.29) is 5.91 Å². The summed E-state index contributed by atoms with van der Waals surface area (Å²) in [6.07, 6.45) is 0. The normalized spacial score (nSPS) is 16.1. The molecular formula is C16H19N3O2. The van der Waals surface area contributed by atoms with Crippen LogP contribution in [0.4, 0.5) is 0 Å². The van der Waals surface area contributed by atoms with Gasteiger partial charge in [-0.2, -0.15) is 0 Å². The van der Waals surface area contributed by atoms with E-state index in [0.29, 0.717) is 0 Å². The Kier molecular flexibility index (Phi) is 4.01. The molecule has 0 spiro atoms. The summed E-state index contributed by atoms with van der Waals surface area (Å²) >= 11 is 0. The molecule has 5 heteroatoms. The van der Waals surface area contributed by atoms with Crippen LogP contribution < -0.4 is 0 Å². The van der Waals surface area contributed by atoms with Crippen molar-refractivity contribution in [2.45, 2.75) is 13.5 Å². The molecule has 1 amide bonds. The average Bonchev–Trinajstić information content (AvgIpc) is 2.97. The lowest BCUT2D eigenvalue weighted by atomic mass is 10.1. The Bertz CT molecular complexity index is 601. The Balaban J connectivity index is 1.60. The first kappa shape index (κ1) is 13.8. The van der Waals surface area contributed by atoms with Gasteiger partial charge in [0.15, 0.2) is 5.76 Å². The van der Waals surface area contributed by atoms with E-state index < -0.39 is 0 Å². The van der Waals surface area contributed by atoms with Crippen LogP contribution in [-0.4, -0.2) is 47.0 Å². The topological polar surface area (TPSA) is 49.6 Å². The van der Waals surface area contributed by atoms with E-state index in [1.165, 1.54) is 0 Å². The standard InChI is InChI=1S/C16H19N3O2/c1-13(20)19-9-7-18(8-10-19)12-15-11-16(17-21-15)14-5-3-2-4-6-14/h2-6,11H,7-10,12H2,1H3. The fraction of sp³-hybridized carbons (Fsp3) is 0.375. The van der Waals surface area contributed by atoms with Gasteiger partial charge in [0, 0.05) is 44.7 Å². The van der Waals surface area contributed by atoms with E-state index >= 15 is 0 Å². The molecule has 2 heterocycles. The van der Waals surface area contributed by atoms with E-state index in [4.69, 9.17) is 4.52 Å².